The van der Waals surface area contributed by atoms with Gasteiger partial charge in [0.05, 0.1) is 6.61 Å². The van der Waals surface area contributed by atoms with E-state index in [9.17, 15) is 15.0 Å². The standard InChI is InChI=1S/C15H16O5/c16-11-6-7-13(14(17)18)15(19,10-11)8-9-20-12-4-2-1-3-5-12/h1-7,10,13,16,19H,8-9H2,(H,17,18). The molecule has 5 nitrogen and oxygen atoms in total. The molecule has 2 rings (SSSR count). The SMILES string of the molecule is O=C(O)C1C=CC(O)=CC1(O)CCOc1ccccc1. The van der Waals surface area contributed by atoms with Gasteiger partial charge in [-0.2, -0.15) is 0 Å². The van der Waals surface area contributed by atoms with Crippen LogP contribution in [0.5, 0.6) is 5.75 Å². The minimum Gasteiger partial charge on any atom is -0.508 e. The molecular formula is C15H16O5. The summed E-state index contributed by atoms with van der Waals surface area (Å²) < 4.78 is 5.45. The lowest BCUT2D eigenvalue weighted by Gasteiger charge is -2.31. The van der Waals surface area contributed by atoms with E-state index in [1.165, 1.54) is 12.2 Å². The number of aliphatic carboxylic acids is 1. The molecule has 1 aromatic carbocycles. The van der Waals surface area contributed by atoms with Crippen LogP contribution >= 0.6 is 0 Å². The molecule has 0 heterocycles. The van der Waals surface area contributed by atoms with Crippen molar-refractivity contribution in [2.75, 3.05) is 6.61 Å². The fourth-order valence-electron chi connectivity index (χ4n) is 2.13. The van der Waals surface area contributed by atoms with Gasteiger partial charge in [0.15, 0.2) is 0 Å². The zero-order chi connectivity index (χ0) is 14.6. The zero-order valence-corrected chi connectivity index (χ0v) is 10.8. The van der Waals surface area contributed by atoms with Gasteiger partial charge in [-0.05, 0) is 24.3 Å². The predicted octanol–water partition coefficient (Wildman–Crippen LogP) is 1.90. The van der Waals surface area contributed by atoms with Gasteiger partial charge in [-0.1, -0.05) is 24.3 Å². The van der Waals surface area contributed by atoms with Crippen molar-refractivity contribution in [2.45, 2.75) is 12.0 Å². The van der Waals surface area contributed by atoms with E-state index in [1.807, 2.05) is 18.2 Å². The topological polar surface area (TPSA) is 87.0 Å². The Morgan fingerprint density at radius 1 is 1.30 bits per heavy atom. The number of para-hydroxylation sites is 1. The van der Waals surface area contributed by atoms with Crippen LogP contribution in [0.4, 0.5) is 0 Å². The number of allylic oxidation sites excluding steroid dienone is 1. The number of carbonyl (C=O) groups is 1. The van der Waals surface area contributed by atoms with Crippen molar-refractivity contribution in [3.63, 3.8) is 0 Å². The van der Waals surface area contributed by atoms with Crippen LogP contribution in [0, 0.1) is 5.92 Å². The lowest BCUT2D eigenvalue weighted by molar-refractivity contribution is -0.146. The smallest absolute Gasteiger partial charge is 0.313 e. The maximum atomic E-state index is 11.1. The van der Waals surface area contributed by atoms with Crippen molar-refractivity contribution in [1.29, 1.82) is 0 Å². The van der Waals surface area contributed by atoms with Crippen LogP contribution in [0.1, 0.15) is 6.42 Å². The molecule has 0 aliphatic heterocycles. The number of aliphatic hydroxyl groups is 2. The van der Waals surface area contributed by atoms with E-state index in [0.717, 1.165) is 6.08 Å². The first-order valence-electron chi connectivity index (χ1n) is 6.24. The molecule has 0 bridgehead atoms. The lowest BCUT2D eigenvalue weighted by Crippen LogP contribution is -2.42. The highest BCUT2D eigenvalue weighted by molar-refractivity contribution is 5.75. The number of ether oxygens (including phenoxy) is 1. The quantitative estimate of drug-likeness (QED) is 0.764. The molecule has 2 atom stereocenters. The Morgan fingerprint density at radius 2 is 2.00 bits per heavy atom. The predicted molar refractivity (Wildman–Crippen MR) is 72.5 cm³/mol. The average molecular weight is 276 g/mol. The molecule has 0 aromatic heterocycles. The van der Waals surface area contributed by atoms with Crippen LogP contribution in [-0.4, -0.2) is 33.5 Å². The summed E-state index contributed by atoms with van der Waals surface area (Å²) in [5, 5.41) is 29.0. The molecule has 0 fully saturated rings. The highest BCUT2D eigenvalue weighted by atomic mass is 16.5. The third-order valence-corrected chi connectivity index (χ3v) is 3.18. The fourth-order valence-corrected chi connectivity index (χ4v) is 2.13. The summed E-state index contributed by atoms with van der Waals surface area (Å²) in [6.07, 6.45) is 3.76. The number of carboxylic acids is 1. The Hall–Kier alpha value is -2.27. The van der Waals surface area contributed by atoms with Crippen molar-refractivity contribution in [3.8, 4) is 5.75 Å². The molecule has 1 aliphatic rings. The van der Waals surface area contributed by atoms with Crippen LogP contribution in [0.25, 0.3) is 0 Å². The van der Waals surface area contributed by atoms with E-state index in [-0.39, 0.29) is 18.8 Å². The molecule has 2 unspecified atom stereocenters. The average Bonchev–Trinajstić information content (AvgIpc) is 2.39. The Kier molecular flexibility index (Phi) is 4.10. The number of hydrogen-bond acceptors (Lipinski definition) is 4. The van der Waals surface area contributed by atoms with Gasteiger partial charge in [0.25, 0.3) is 0 Å². The van der Waals surface area contributed by atoms with Gasteiger partial charge in [0.2, 0.25) is 0 Å². The van der Waals surface area contributed by atoms with Crippen LogP contribution < -0.4 is 4.74 Å². The molecule has 0 spiro atoms. The van der Waals surface area contributed by atoms with Gasteiger partial charge < -0.3 is 20.1 Å². The molecule has 20 heavy (non-hydrogen) atoms. The first-order valence-corrected chi connectivity index (χ1v) is 6.24. The summed E-state index contributed by atoms with van der Waals surface area (Å²) in [6.45, 7) is 0.141. The summed E-state index contributed by atoms with van der Waals surface area (Å²) in [5.74, 6) is -1.75. The van der Waals surface area contributed by atoms with Gasteiger partial charge in [-0.3, -0.25) is 4.79 Å². The summed E-state index contributed by atoms with van der Waals surface area (Å²) in [6, 6.07) is 9.03. The first kappa shape index (κ1) is 14.1. The van der Waals surface area contributed by atoms with Gasteiger partial charge in [-0.25, -0.2) is 0 Å². The van der Waals surface area contributed by atoms with Crippen LogP contribution in [0.2, 0.25) is 0 Å². The van der Waals surface area contributed by atoms with Crippen molar-refractivity contribution in [1.82, 2.24) is 0 Å². The summed E-state index contributed by atoms with van der Waals surface area (Å²) >= 11 is 0. The molecule has 5 heteroatoms. The van der Waals surface area contributed by atoms with Gasteiger partial charge in [0.1, 0.15) is 23.0 Å². The normalized spacial score (nSPS) is 25.1. The molecule has 0 saturated carbocycles. The van der Waals surface area contributed by atoms with Crippen molar-refractivity contribution in [3.05, 3.63) is 54.3 Å². The number of benzene rings is 1. The van der Waals surface area contributed by atoms with Crippen molar-refractivity contribution in [2.24, 2.45) is 5.92 Å². The van der Waals surface area contributed by atoms with E-state index >= 15 is 0 Å². The number of rotatable bonds is 5. The molecule has 0 amide bonds. The van der Waals surface area contributed by atoms with Crippen LogP contribution in [0.3, 0.4) is 0 Å². The Labute approximate surface area is 116 Å². The molecule has 1 aliphatic carbocycles. The maximum absolute atomic E-state index is 11.1. The second-order valence-electron chi connectivity index (χ2n) is 4.65. The lowest BCUT2D eigenvalue weighted by atomic mass is 9.81. The van der Waals surface area contributed by atoms with Crippen molar-refractivity contribution < 1.29 is 24.9 Å². The summed E-state index contributed by atoms with van der Waals surface area (Å²) in [4.78, 5) is 11.1. The van der Waals surface area contributed by atoms with E-state index < -0.39 is 17.5 Å². The molecule has 1 aromatic rings. The number of carboxylic acid groups (broad SMARTS) is 1. The number of hydrogen-bond donors (Lipinski definition) is 3. The molecule has 0 radical (unpaired) electrons. The Bertz CT molecular complexity index is 534. The zero-order valence-electron chi connectivity index (χ0n) is 10.8. The minimum absolute atomic E-state index is 0.0628. The second kappa shape index (κ2) is 5.79. The minimum atomic E-state index is -1.65. The summed E-state index contributed by atoms with van der Waals surface area (Å²) in [5.41, 5.74) is -1.65. The van der Waals surface area contributed by atoms with Crippen molar-refractivity contribution >= 4 is 5.97 Å². The molecule has 0 saturated heterocycles. The van der Waals surface area contributed by atoms with E-state index in [1.54, 1.807) is 12.1 Å². The first-order chi connectivity index (χ1) is 9.51. The molecule has 3 N–H and O–H groups in total. The Balaban J connectivity index is 2.02. The monoisotopic (exact) mass is 276 g/mol. The third-order valence-electron chi connectivity index (χ3n) is 3.18. The highest BCUT2D eigenvalue weighted by Crippen LogP contribution is 2.30. The van der Waals surface area contributed by atoms with E-state index in [0.29, 0.717) is 5.75 Å². The number of aliphatic hydroxyl groups excluding tert-OH is 1. The van der Waals surface area contributed by atoms with Crippen LogP contribution in [0.15, 0.2) is 54.3 Å². The summed E-state index contributed by atoms with van der Waals surface area (Å²) in [7, 11) is 0. The fraction of sp³-hybridized carbons (Fsp3) is 0.267. The van der Waals surface area contributed by atoms with E-state index in [4.69, 9.17) is 9.84 Å². The second-order valence-corrected chi connectivity index (χ2v) is 4.65. The van der Waals surface area contributed by atoms with Gasteiger partial charge in [-0.15, -0.1) is 0 Å². The van der Waals surface area contributed by atoms with Crippen LogP contribution in [-0.2, 0) is 4.79 Å². The molecular weight excluding hydrogens is 260 g/mol. The highest BCUT2D eigenvalue weighted by Gasteiger charge is 2.40. The van der Waals surface area contributed by atoms with Gasteiger partial charge >= 0.3 is 5.97 Å². The van der Waals surface area contributed by atoms with Gasteiger partial charge in [0, 0.05) is 6.42 Å². The molecule has 106 valence electrons. The Morgan fingerprint density at radius 3 is 2.65 bits per heavy atom. The largest absolute Gasteiger partial charge is 0.508 e. The maximum Gasteiger partial charge on any atom is 0.313 e. The van der Waals surface area contributed by atoms with E-state index in [2.05, 4.69) is 0 Å². The third kappa shape index (κ3) is 3.19.